The largest absolute Gasteiger partial charge is 0.449 e. The zero-order chi connectivity index (χ0) is 23.3. The average molecular weight is 464 g/mol. The highest BCUT2D eigenvalue weighted by molar-refractivity contribution is 6.31. The van der Waals surface area contributed by atoms with Crippen LogP contribution in [0.5, 0.6) is 0 Å². The van der Waals surface area contributed by atoms with Gasteiger partial charge in [0.15, 0.2) is 0 Å². The van der Waals surface area contributed by atoms with E-state index < -0.39 is 11.6 Å². The highest BCUT2D eigenvalue weighted by Crippen LogP contribution is 2.35. The van der Waals surface area contributed by atoms with Gasteiger partial charge in [-0.3, -0.25) is 4.79 Å². The number of carbonyl (C=O) groups excluding carboxylic acids is 2. The molecule has 7 heteroatoms. The fourth-order valence-corrected chi connectivity index (χ4v) is 5.33. The first kappa shape index (κ1) is 24.8. The zero-order valence-corrected chi connectivity index (χ0v) is 20.7. The Morgan fingerprint density at radius 2 is 1.94 bits per heavy atom. The number of halogens is 1. The van der Waals surface area contributed by atoms with Crippen molar-refractivity contribution in [3.8, 4) is 0 Å². The molecule has 1 heterocycles. The summed E-state index contributed by atoms with van der Waals surface area (Å²) in [6, 6.07) is 6.37. The SMILES string of the molecule is CCN(CC)C1CCN(C(=O)C2(NC(=O)OCC(C)C)CCc3cccc(Cl)c3C2)CC1. The molecular weight excluding hydrogens is 426 g/mol. The minimum Gasteiger partial charge on any atom is -0.449 e. The van der Waals surface area contributed by atoms with E-state index >= 15 is 0 Å². The number of likely N-dealkylation sites (tertiary alicyclic amines) is 1. The maximum atomic E-state index is 13.9. The topological polar surface area (TPSA) is 61.9 Å². The summed E-state index contributed by atoms with van der Waals surface area (Å²) in [5.41, 5.74) is 1.09. The second kappa shape index (κ2) is 10.9. The molecule has 1 aromatic rings. The lowest BCUT2D eigenvalue weighted by atomic mass is 9.76. The van der Waals surface area contributed by atoms with E-state index in [0.717, 1.165) is 37.1 Å². The van der Waals surface area contributed by atoms with E-state index in [1.165, 1.54) is 0 Å². The summed E-state index contributed by atoms with van der Waals surface area (Å²) < 4.78 is 5.40. The first-order chi connectivity index (χ1) is 15.3. The van der Waals surface area contributed by atoms with E-state index in [-0.39, 0.29) is 11.8 Å². The molecule has 2 amide bonds. The Balaban J connectivity index is 1.79. The van der Waals surface area contributed by atoms with Crippen LogP contribution >= 0.6 is 11.6 Å². The summed E-state index contributed by atoms with van der Waals surface area (Å²) in [5, 5.41) is 3.64. The zero-order valence-electron chi connectivity index (χ0n) is 20.0. The predicted octanol–water partition coefficient (Wildman–Crippen LogP) is 4.28. The molecule has 0 radical (unpaired) electrons. The smallest absolute Gasteiger partial charge is 0.408 e. The maximum Gasteiger partial charge on any atom is 0.408 e. The van der Waals surface area contributed by atoms with Crippen molar-refractivity contribution in [2.45, 2.75) is 71.4 Å². The number of nitrogens with zero attached hydrogens (tertiary/aromatic N) is 2. The second-order valence-electron chi connectivity index (χ2n) is 9.50. The van der Waals surface area contributed by atoms with Crippen molar-refractivity contribution in [2.75, 3.05) is 32.8 Å². The van der Waals surface area contributed by atoms with Crippen molar-refractivity contribution in [3.05, 3.63) is 34.3 Å². The Hall–Kier alpha value is -1.79. The van der Waals surface area contributed by atoms with E-state index in [9.17, 15) is 9.59 Å². The van der Waals surface area contributed by atoms with Gasteiger partial charge in [0, 0.05) is 30.6 Å². The number of fused-ring (bicyclic) bond motifs is 1. The van der Waals surface area contributed by atoms with Gasteiger partial charge in [-0.15, -0.1) is 0 Å². The average Bonchev–Trinajstić information content (AvgIpc) is 2.79. The van der Waals surface area contributed by atoms with Gasteiger partial charge in [-0.25, -0.2) is 4.79 Å². The van der Waals surface area contributed by atoms with E-state index in [4.69, 9.17) is 16.3 Å². The first-order valence-corrected chi connectivity index (χ1v) is 12.4. The van der Waals surface area contributed by atoms with Gasteiger partial charge >= 0.3 is 6.09 Å². The van der Waals surface area contributed by atoms with Crippen LogP contribution in [0.4, 0.5) is 4.79 Å². The lowest BCUT2D eigenvalue weighted by Gasteiger charge is -2.44. The number of amides is 2. The quantitative estimate of drug-likeness (QED) is 0.655. The Morgan fingerprint density at radius 1 is 1.25 bits per heavy atom. The van der Waals surface area contributed by atoms with E-state index in [0.29, 0.717) is 50.0 Å². The van der Waals surface area contributed by atoms with Crippen LogP contribution in [-0.2, 0) is 22.4 Å². The second-order valence-corrected chi connectivity index (χ2v) is 9.91. The van der Waals surface area contributed by atoms with Gasteiger partial charge in [-0.2, -0.15) is 0 Å². The number of rotatable bonds is 7. The molecule has 178 valence electrons. The summed E-state index contributed by atoms with van der Waals surface area (Å²) in [7, 11) is 0. The molecule has 1 atom stereocenters. The molecule has 1 N–H and O–H groups in total. The van der Waals surface area contributed by atoms with Crippen molar-refractivity contribution in [1.82, 2.24) is 15.1 Å². The Morgan fingerprint density at radius 3 is 2.56 bits per heavy atom. The van der Waals surface area contributed by atoms with Crippen LogP contribution in [0.25, 0.3) is 0 Å². The number of hydrogen-bond acceptors (Lipinski definition) is 4. The number of hydrogen-bond donors (Lipinski definition) is 1. The number of alkyl carbamates (subject to hydrolysis) is 1. The predicted molar refractivity (Wildman–Crippen MR) is 128 cm³/mol. The number of benzene rings is 1. The molecule has 6 nitrogen and oxygen atoms in total. The molecule has 0 spiro atoms. The van der Waals surface area contributed by atoms with Crippen molar-refractivity contribution >= 4 is 23.6 Å². The van der Waals surface area contributed by atoms with E-state index in [1.54, 1.807) is 0 Å². The molecule has 2 aliphatic rings. The van der Waals surface area contributed by atoms with Crippen LogP contribution < -0.4 is 5.32 Å². The highest BCUT2D eigenvalue weighted by Gasteiger charge is 2.46. The number of carbonyl (C=O) groups is 2. The monoisotopic (exact) mass is 463 g/mol. The number of aryl methyl sites for hydroxylation is 1. The summed E-state index contributed by atoms with van der Waals surface area (Å²) in [5.74, 6) is 0.218. The molecule has 1 aliphatic carbocycles. The van der Waals surface area contributed by atoms with Crippen LogP contribution in [0.2, 0.25) is 5.02 Å². The lowest BCUT2D eigenvalue weighted by molar-refractivity contribution is -0.140. The van der Waals surface area contributed by atoms with Gasteiger partial charge in [0.05, 0.1) is 6.61 Å². The van der Waals surface area contributed by atoms with Crippen LogP contribution in [0.3, 0.4) is 0 Å². The van der Waals surface area contributed by atoms with E-state index in [2.05, 4.69) is 30.1 Å². The molecule has 1 saturated heterocycles. The van der Waals surface area contributed by atoms with Crippen molar-refractivity contribution in [1.29, 1.82) is 0 Å². The third-order valence-corrected chi connectivity index (χ3v) is 7.25. The molecule has 3 rings (SSSR count). The first-order valence-electron chi connectivity index (χ1n) is 12.0. The van der Waals surface area contributed by atoms with Crippen LogP contribution in [0, 0.1) is 5.92 Å². The van der Waals surface area contributed by atoms with Gasteiger partial charge in [-0.1, -0.05) is 51.4 Å². The maximum absolute atomic E-state index is 13.9. The lowest BCUT2D eigenvalue weighted by Crippen LogP contribution is -2.63. The van der Waals surface area contributed by atoms with Crippen LogP contribution in [0.1, 0.15) is 58.1 Å². The van der Waals surface area contributed by atoms with Gasteiger partial charge < -0.3 is 19.9 Å². The Bertz CT molecular complexity index is 804. The number of piperidine rings is 1. The number of nitrogens with one attached hydrogen (secondary N) is 1. The molecular formula is C25H38ClN3O3. The van der Waals surface area contributed by atoms with Crippen molar-refractivity contribution in [3.63, 3.8) is 0 Å². The molecule has 0 bridgehead atoms. The molecule has 0 saturated carbocycles. The molecule has 1 aromatic carbocycles. The molecule has 1 unspecified atom stereocenters. The van der Waals surface area contributed by atoms with Gasteiger partial charge in [0.2, 0.25) is 5.91 Å². The summed E-state index contributed by atoms with van der Waals surface area (Å²) in [6.45, 7) is 12.1. The summed E-state index contributed by atoms with van der Waals surface area (Å²) in [6.07, 6.45) is 3.03. The van der Waals surface area contributed by atoms with Gasteiger partial charge in [0.25, 0.3) is 0 Å². The fourth-order valence-electron chi connectivity index (χ4n) is 5.07. The van der Waals surface area contributed by atoms with Crippen molar-refractivity contribution < 1.29 is 14.3 Å². The number of ether oxygens (including phenoxy) is 1. The summed E-state index contributed by atoms with van der Waals surface area (Å²) in [4.78, 5) is 31.0. The third-order valence-electron chi connectivity index (χ3n) is 6.89. The Kier molecular flexibility index (Phi) is 8.45. The van der Waals surface area contributed by atoms with E-state index in [1.807, 2.05) is 30.9 Å². The minimum absolute atomic E-state index is 0.0115. The Labute approximate surface area is 197 Å². The molecule has 1 aliphatic heterocycles. The third kappa shape index (κ3) is 5.57. The van der Waals surface area contributed by atoms with Crippen LogP contribution in [0.15, 0.2) is 18.2 Å². The summed E-state index contributed by atoms with van der Waals surface area (Å²) >= 11 is 6.51. The van der Waals surface area contributed by atoms with Gasteiger partial charge in [-0.05, 0) is 61.9 Å². The van der Waals surface area contributed by atoms with Gasteiger partial charge in [0.1, 0.15) is 5.54 Å². The minimum atomic E-state index is -1.02. The fraction of sp³-hybridized carbons (Fsp3) is 0.680. The van der Waals surface area contributed by atoms with Crippen molar-refractivity contribution in [2.24, 2.45) is 5.92 Å². The highest BCUT2D eigenvalue weighted by atomic mass is 35.5. The van der Waals surface area contributed by atoms with Crippen LogP contribution in [-0.4, -0.2) is 66.2 Å². The normalized spacial score (nSPS) is 21.5. The molecule has 0 aromatic heterocycles. The molecule has 1 fully saturated rings. The standard InChI is InChI=1S/C25H38ClN3O3/c1-5-28(6-2)20-11-14-29(15-12-20)23(30)25(27-24(31)32-17-18(3)4)13-10-19-8-7-9-22(26)21(19)16-25/h7-9,18,20H,5-6,10-17H2,1-4H3,(H,27,31). The molecule has 32 heavy (non-hydrogen) atoms.